The van der Waals surface area contributed by atoms with Crippen molar-refractivity contribution in [3.8, 4) is 5.75 Å². The second-order valence-corrected chi connectivity index (χ2v) is 7.59. The minimum absolute atomic E-state index is 0.00958. The predicted octanol–water partition coefficient (Wildman–Crippen LogP) is 3.38. The monoisotopic (exact) mass is 341 g/mol. The molecule has 3 rings (SSSR count). The number of benzene rings is 1. The van der Waals surface area contributed by atoms with Gasteiger partial charge in [0.05, 0.1) is 7.11 Å². The fourth-order valence-electron chi connectivity index (χ4n) is 3.96. The Bertz CT molecular complexity index is 804. The van der Waals surface area contributed by atoms with E-state index >= 15 is 0 Å². The molecule has 2 atom stereocenters. The van der Waals surface area contributed by atoms with Crippen LogP contribution in [0.3, 0.4) is 0 Å². The molecule has 2 aliphatic rings. The molecule has 1 aromatic carbocycles. The highest BCUT2D eigenvalue weighted by atomic mass is 16.5. The van der Waals surface area contributed by atoms with Crippen molar-refractivity contribution in [2.24, 2.45) is 16.3 Å². The highest BCUT2D eigenvalue weighted by Crippen LogP contribution is 2.49. The molecule has 132 valence electrons. The van der Waals surface area contributed by atoms with Gasteiger partial charge >= 0.3 is 5.97 Å². The number of ether oxygens (including phenoxy) is 1. The van der Waals surface area contributed by atoms with E-state index in [4.69, 9.17) is 4.74 Å². The summed E-state index contributed by atoms with van der Waals surface area (Å²) >= 11 is 0. The molecule has 0 amide bonds. The van der Waals surface area contributed by atoms with E-state index in [2.05, 4.69) is 4.99 Å². The second-order valence-electron chi connectivity index (χ2n) is 7.59. The number of Topliss-reactive ketones (excluding diaryl/α,β-unsaturated/α-hetero) is 1. The Balaban J connectivity index is 2.23. The van der Waals surface area contributed by atoms with Crippen molar-refractivity contribution in [3.05, 3.63) is 41.1 Å². The first-order valence-corrected chi connectivity index (χ1v) is 8.42. The molecule has 1 unspecified atom stereocenters. The van der Waals surface area contributed by atoms with Crippen LogP contribution in [0.5, 0.6) is 5.75 Å². The number of allylic oxidation sites excluding steroid dienone is 2. The van der Waals surface area contributed by atoms with Gasteiger partial charge in [0, 0.05) is 34.9 Å². The Morgan fingerprint density at radius 1 is 1.28 bits per heavy atom. The average molecular weight is 341 g/mol. The highest BCUT2D eigenvalue weighted by Gasteiger charge is 2.46. The molecule has 5 nitrogen and oxygen atoms in total. The van der Waals surface area contributed by atoms with Gasteiger partial charge in [-0.2, -0.15) is 0 Å². The zero-order valence-corrected chi connectivity index (χ0v) is 15.0. The van der Waals surface area contributed by atoms with Crippen LogP contribution in [0, 0.1) is 11.3 Å². The third kappa shape index (κ3) is 2.99. The van der Waals surface area contributed by atoms with Crippen LogP contribution >= 0.6 is 0 Å². The van der Waals surface area contributed by atoms with Crippen LogP contribution in [0.1, 0.15) is 45.1 Å². The number of methoxy groups -OCH3 is 1. The van der Waals surface area contributed by atoms with Crippen molar-refractivity contribution >= 4 is 17.5 Å². The maximum Gasteiger partial charge on any atom is 0.315 e. The summed E-state index contributed by atoms with van der Waals surface area (Å²) in [7, 11) is 1.33. The highest BCUT2D eigenvalue weighted by molar-refractivity contribution is 6.09. The fourth-order valence-corrected chi connectivity index (χ4v) is 3.96. The van der Waals surface area contributed by atoms with Crippen LogP contribution in [0.15, 0.2) is 40.5 Å². The largest absolute Gasteiger partial charge is 0.508 e. The maximum absolute atomic E-state index is 12.9. The first-order valence-electron chi connectivity index (χ1n) is 8.42. The first kappa shape index (κ1) is 17.4. The Morgan fingerprint density at radius 3 is 2.60 bits per heavy atom. The van der Waals surface area contributed by atoms with Gasteiger partial charge in [-0.05, 0) is 24.8 Å². The van der Waals surface area contributed by atoms with Gasteiger partial charge in [-0.15, -0.1) is 0 Å². The van der Waals surface area contributed by atoms with Gasteiger partial charge in [0.1, 0.15) is 11.7 Å². The van der Waals surface area contributed by atoms with Gasteiger partial charge in [-0.3, -0.25) is 14.6 Å². The number of phenolic OH excluding ortho intramolecular Hbond substituents is 1. The summed E-state index contributed by atoms with van der Waals surface area (Å²) in [6.45, 7) is 5.87. The zero-order valence-electron chi connectivity index (χ0n) is 15.0. The molecule has 1 aliphatic heterocycles. The summed E-state index contributed by atoms with van der Waals surface area (Å²) in [5, 5.41) is 10.4. The molecule has 0 saturated carbocycles. The number of esters is 1. The fraction of sp³-hybridized carbons (Fsp3) is 0.450. The number of carbonyl (C=O) groups is 2. The van der Waals surface area contributed by atoms with Gasteiger partial charge in [0.2, 0.25) is 0 Å². The van der Waals surface area contributed by atoms with Crippen LogP contribution in [-0.2, 0) is 14.3 Å². The van der Waals surface area contributed by atoms with Crippen LogP contribution in [0.25, 0.3) is 0 Å². The molecule has 1 aromatic rings. The number of aromatic hydroxyl groups is 1. The van der Waals surface area contributed by atoms with Gasteiger partial charge in [-0.25, -0.2) is 0 Å². The average Bonchev–Trinajstić information content (AvgIpc) is 2.52. The summed E-state index contributed by atoms with van der Waals surface area (Å²) in [5.74, 6) is -1.66. The van der Waals surface area contributed by atoms with E-state index in [1.807, 2.05) is 13.8 Å². The van der Waals surface area contributed by atoms with E-state index in [0.717, 1.165) is 5.70 Å². The van der Waals surface area contributed by atoms with Crippen LogP contribution in [-0.4, -0.2) is 29.7 Å². The van der Waals surface area contributed by atoms with Crippen molar-refractivity contribution in [1.82, 2.24) is 0 Å². The lowest BCUT2D eigenvalue weighted by molar-refractivity contribution is -0.143. The van der Waals surface area contributed by atoms with E-state index in [1.54, 1.807) is 31.2 Å². The summed E-state index contributed by atoms with van der Waals surface area (Å²) in [6, 6.07) is 6.84. The summed E-state index contributed by atoms with van der Waals surface area (Å²) in [6.07, 6.45) is 1.07. The number of nitrogens with zero attached hydrogens (tertiary/aromatic N) is 1. The molecule has 0 radical (unpaired) electrons. The number of ketones is 1. The number of rotatable bonds is 2. The molecule has 0 spiro atoms. The van der Waals surface area contributed by atoms with E-state index in [1.165, 1.54) is 7.11 Å². The van der Waals surface area contributed by atoms with Crippen molar-refractivity contribution in [3.63, 3.8) is 0 Å². The molecular weight excluding hydrogens is 318 g/mol. The molecule has 5 heteroatoms. The summed E-state index contributed by atoms with van der Waals surface area (Å²) in [5.41, 5.74) is 2.28. The van der Waals surface area contributed by atoms with Crippen LogP contribution < -0.4 is 0 Å². The molecule has 25 heavy (non-hydrogen) atoms. The van der Waals surface area contributed by atoms with E-state index in [9.17, 15) is 14.7 Å². The van der Waals surface area contributed by atoms with Crippen LogP contribution in [0.2, 0.25) is 0 Å². The normalized spacial score (nSPS) is 25.3. The van der Waals surface area contributed by atoms with Crippen molar-refractivity contribution < 1.29 is 19.4 Å². The lowest BCUT2D eigenvalue weighted by Crippen LogP contribution is -2.39. The lowest BCUT2D eigenvalue weighted by Gasteiger charge is -2.38. The summed E-state index contributed by atoms with van der Waals surface area (Å²) < 4.78 is 4.97. The van der Waals surface area contributed by atoms with E-state index < -0.39 is 17.8 Å². The number of hydrogen-bond donors (Lipinski definition) is 1. The van der Waals surface area contributed by atoms with Crippen LogP contribution in [0.4, 0.5) is 0 Å². The Hall–Kier alpha value is -2.43. The number of carbonyl (C=O) groups excluding carboxylic acids is 2. The van der Waals surface area contributed by atoms with Crippen molar-refractivity contribution in [2.45, 2.75) is 39.5 Å². The molecule has 1 heterocycles. The quantitative estimate of drug-likeness (QED) is 0.837. The SMILES string of the molecule is COC(=O)C1C(C)=NC2=C(C(=O)CC(C)(C)C2)[C@@H]1c1ccccc1O. The standard InChI is InChI=1S/C20H23NO4/c1-11-16(19(24)25-4)17(12-7-5-6-8-14(12)22)18-13(21-11)9-20(2,3)10-15(18)23/h5-8,16-17,22H,9-10H2,1-4H3/t16?,17-/m1/s1. The van der Waals surface area contributed by atoms with E-state index in [-0.39, 0.29) is 16.9 Å². The predicted molar refractivity (Wildman–Crippen MR) is 94.5 cm³/mol. The number of aliphatic imine (C=N–C) groups is 1. The molecule has 1 N–H and O–H groups in total. The lowest BCUT2D eigenvalue weighted by atomic mass is 9.66. The topological polar surface area (TPSA) is 76.0 Å². The minimum atomic E-state index is -0.706. The Morgan fingerprint density at radius 2 is 1.96 bits per heavy atom. The Kier molecular flexibility index (Phi) is 4.27. The van der Waals surface area contributed by atoms with Gasteiger partial charge < -0.3 is 9.84 Å². The van der Waals surface area contributed by atoms with E-state index in [0.29, 0.717) is 29.7 Å². The van der Waals surface area contributed by atoms with Crippen molar-refractivity contribution in [1.29, 1.82) is 0 Å². The number of phenols is 1. The van der Waals surface area contributed by atoms with Gasteiger partial charge in [0.25, 0.3) is 0 Å². The Labute approximate surface area is 147 Å². The number of hydrogen-bond acceptors (Lipinski definition) is 5. The smallest absolute Gasteiger partial charge is 0.315 e. The van der Waals surface area contributed by atoms with Gasteiger partial charge in [0.15, 0.2) is 5.78 Å². The zero-order chi connectivity index (χ0) is 18.4. The molecule has 0 bridgehead atoms. The number of para-hydroxylation sites is 1. The maximum atomic E-state index is 12.9. The summed E-state index contributed by atoms with van der Waals surface area (Å²) in [4.78, 5) is 30.0. The minimum Gasteiger partial charge on any atom is -0.508 e. The molecule has 0 fully saturated rings. The molecule has 0 aromatic heterocycles. The third-order valence-corrected chi connectivity index (χ3v) is 5.03. The molecule has 1 aliphatic carbocycles. The third-order valence-electron chi connectivity index (χ3n) is 5.03. The van der Waals surface area contributed by atoms with Gasteiger partial charge in [-0.1, -0.05) is 32.0 Å². The first-order chi connectivity index (χ1) is 11.7. The molecular formula is C20H23NO4. The van der Waals surface area contributed by atoms with Crippen molar-refractivity contribution in [2.75, 3.05) is 7.11 Å². The second kappa shape index (κ2) is 6.14. The molecule has 0 saturated heterocycles.